The van der Waals surface area contributed by atoms with E-state index in [2.05, 4.69) is 22.4 Å². The molecule has 0 saturated heterocycles. The van der Waals surface area contributed by atoms with E-state index in [1.54, 1.807) is 6.07 Å². The first-order valence-electron chi connectivity index (χ1n) is 3.19. The van der Waals surface area contributed by atoms with Crippen molar-refractivity contribution < 1.29 is 13.0 Å². The van der Waals surface area contributed by atoms with Crippen LogP contribution in [0.25, 0.3) is 0 Å². The summed E-state index contributed by atoms with van der Waals surface area (Å²) >= 11 is 4.34. The number of nitrogens with zero attached hydrogens (tertiary/aromatic N) is 1. The fourth-order valence-electron chi connectivity index (χ4n) is 0.766. The monoisotopic (exact) mass is 239 g/mol. The fourth-order valence-corrected chi connectivity index (χ4v) is 1.39. The first-order valence-corrected chi connectivity index (χ1v) is 5.04. The Bertz CT molecular complexity index is 466. The van der Waals surface area contributed by atoms with Gasteiger partial charge in [0.25, 0.3) is 10.1 Å². The Kier molecular flexibility index (Phi) is 5.70. The molecule has 4 nitrogen and oxygen atoms in total. The topological polar surface area (TPSA) is 66.7 Å². The molecule has 70 valence electrons. The van der Waals surface area contributed by atoms with E-state index in [4.69, 9.17) is 4.55 Å². The summed E-state index contributed by atoms with van der Waals surface area (Å²) in [6, 6.07) is 5.47. The first-order chi connectivity index (χ1) is 6.04. The summed E-state index contributed by atoms with van der Waals surface area (Å²) in [5.41, 5.74) is 0.338. The molecule has 0 aromatic heterocycles. The summed E-state index contributed by atoms with van der Waals surface area (Å²) in [5, 5.41) is 2.09. The van der Waals surface area contributed by atoms with Gasteiger partial charge in [-0.15, -0.1) is 0 Å². The van der Waals surface area contributed by atoms with Crippen LogP contribution in [-0.4, -0.2) is 47.7 Å². The molecule has 0 aliphatic heterocycles. The summed E-state index contributed by atoms with van der Waals surface area (Å²) < 4.78 is 30.0. The van der Waals surface area contributed by atoms with Gasteiger partial charge >= 0.3 is 29.6 Å². The van der Waals surface area contributed by atoms with E-state index in [0.717, 1.165) is 0 Å². The second kappa shape index (κ2) is 5.72. The van der Waals surface area contributed by atoms with Crippen LogP contribution < -0.4 is 0 Å². The van der Waals surface area contributed by atoms with E-state index in [0.29, 0.717) is 5.69 Å². The van der Waals surface area contributed by atoms with E-state index in [1.807, 2.05) is 0 Å². The molecule has 0 heterocycles. The predicted molar refractivity (Wildman–Crippen MR) is 58.1 cm³/mol. The van der Waals surface area contributed by atoms with E-state index in [9.17, 15) is 8.42 Å². The van der Waals surface area contributed by atoms with Crippen LogP contribution in [0.3, 0.4) is 0 Å². The van der Waals surface area contributed by atoms with Gasteiger partial charge in [-0.25, -0.2) is 0 Å². The Hall–Kier alpha value is -0.0700. The van der Waals surface area contributed by atoms with E-state index < -0.39 is 10.1 Å². The molecule has 0 bridgehead atoms. The Morgan fingerprint density at radius 3 is 2.57 bits per heavy atom. The van der Waals surface area contributed by atoms with Crippen molar-refractivity contribution in [3.63, 3.8) is 0 Å². The zero-order chi connectivity index (χ0) is 9.90. The van der Waals surface area contributed by atoms with Crippen LogP contribution in [0, 0.1) is 0 Å². The van der Waals surface area contributed by atoms with Gasteiger partial charge < -0.3 is 0 Å². The Balaban J connectivity index is 0.00000169. The SMILES string of the molecule is O=S(=O)(O)c1cccc(N=C=S)c1.[NaH]. The van der Waals surface area contributed by atoms with Crippen LogP contribution in [0.5, 0.6) is 0 Å². The molecule has 14 heavy (non-hydrogen) atoms. The number of isothiocyanates is 1. The van der Waals surface area contributed by atoms with Crippen molar-refractivity contribution in [2.24, 2.45) is 4.99 Å². The third-order valence-corrected chi connectivity index (χ3v) is 2.23. The molecule has 0 spiro atoms. The molecule has 0 aliphatic rings. The molecule has 0 amide bonds. The van der Waals surface area contributed by atoms with Gasteiger partial charge in [0.15, 0.2) is 0 Å². The summed E-state index contributed by atoms with van der Waals surface area (Å²) in [5.74, 6) is 0. The quantitative estimate of drug-likeness (QED) is 0.362. The third-order valence-electron chi connectivity index (χ3n) is 1.29. The molecule has 0 saturated carbocycles. The van der Waals surface area contributed by atoms with Gasteiger partial charge in [0, 0.05) is 0 Å². The third kappa shape index (κ3) is 3.98. The van der Waals surface area contributed by atoms with Crippen LogP contribution in [-0.2, 0) is 10.1 Å². The predicted octanol–water partition coefficient (Wildman–Crippen LogP) is 1.02. The minimum absolute atomic E-state index is 0. The van der Waals surface area contributed by atoms with E-state index in [-0.39, 0.29) is 34.5 Å². The van der Waals surface area contributed by atoms with Gasteiger partial charge in [-0.2, -0.15) is 13.4 Å². The number of aliphatic imine (C=N–C) groups is 1. The number of thiocarbonyl (C=S) groups is 1. The fraction of sp³-hybridized carbons (Fsp3) is 0. The molecule has 1 rings (SSSR count). The van der Waals surface area contributed by atoms with Crippen molar-refractivity contribution in [1.29, 1.82) is 0 Å². The second-order valence-electron chi connectivity index (χ2n) is 2.18. The molecule has 7 heteroatoms. The van der Waals surface area contributed by atoms with Crippen LogP contribution >= 0.6 is 12.2 Å². The van der Waals surface area contributed by atoms with Crippen molar-refractivity contribution in [1.82, 2.24) is 0 Å². The molecular weight excluding hydrogens is 233 g/mol. The van der Waals surface area contributed by atoms with Gasteiger partial charge in [-0.1, -0.05) is 6.07 Å². The zero-order valence-corrected chi connectivity index (χ0v) is 7.97. The number of hydrogen-bond donors (Lipinski definition) is 1. The maximum atomic E-state index is 10.7. The zero-order valence-electron chi connectivity index (χ0n) is 6.34. The van der Waals surface area contributed by atoms with E-state index >= 15 is 0 Å². The first kappa shape index (κ1) is 13.9. The van der Waals surface area contributed by atoms with Crippen LogP contribution in [0.2, 0.25) is 0 Å². The molecular formula is C7H6NNaO3S2. The van der Waals surface area contributed by atoms with Gasteiger partial charge in [-0.3, -0.25) is 4.55 Å². The average molecular weight is 239 g/mol. The maximum absolute atomic E-state index is 10.7. The van der Waals surface area contributed by atoms with Gasteiger partial charge in [0.1, 0.15) is 0 Å². The molecule has 1 aromatic rings. The normalized spacial score (nSPS) is 9.79. The molecule has 0 aliphatic carbocycles. The Labute approximate surface area is 109 Å². The van der Waals surface area contributed by atoms with E-state index in [1.165, 1.54) is 18.2 Å². The molecule has 0 unspecified atom stereocenters. The van der Waals surface area contributed by atoms with Gasteiger partial charge in [0.2, 0.25) is 0 Å². The van der Waals surface area contributed by atoms with Crippen LogP contribution in [0.1, 0.15) is 0 Å². The Morgan fingerprint density at radius 1 is 1.43 bits per heavy atom. The molecule has 1 aromatic carbocycles. The van der Waals surface area contributed by atoms with Crippen molar-refractivity contribution in [2.75, 3.05) is 0 Å². The van der Waals surface area contributed by atoms with Crippen LogP contribution in [0.4, 0.5) is 5.69 Å². The molecule has 1 N–H and O–H groups in total. The van der Waals surface area contributed by atoms with Crippen molar-refractivity contribution >= 4 is 62.7 Å². The van der Waals surface area contributed by atoms with Gasteiger partial charge in [0.05, 0.1) is 15.7 Å². The van der Waals surface area contributed by atoms with Crippen molar-refractivity contribution in [3.8, 4) is 0 Å². The van der Waals surface area contributed by atoms with Gasteiger partial charge in [-0.05, 0) is 30.4 Å². The summed E-state index contributed by atoms with van der Waals surface area (Å²) in [6.07, 6.45) is 0. The van der Waals surface area contributed by atoms with Crippen molar-refractivity contribution in [2.45, 2.75) is 4.90 Å². The summed E-state index contributed by atoms with van der Waals surface area (Å²) in [6.45, 7) is 0. The van der Waals surface area contributed by atoms with Crippen LogP contribution in [0.15, 0.2) is 34.2 Å². The number of rotatable bonds is 2. The van der Waals surface area contributed by atoms with Crippen molar-refractivity contribution in [3.05, 3.63) is 24.3 Å². The Morgan fingerprint density at radius 2 is 2.07 bits per heavy atom. The molecule has 0 atom stereocenters. The number of benzene rings is 1. The average Bonchev–Trinajstić information content (AvgIpc) is 2.04. The minimum atomic E-state index is -4.17. The second-order valence-corrected chi connectivity index (χ2v) is 3.78. The molecule has 0 fully saturated rings. The molecule has 0 radical (unpaired) electrons. The summed E-state index contributed by atoms with van der Waals surface area (Å²) in [7, 11) is -4.17. The number of hydrogen-bond acceptors (Lipinski definition) is 4. The summed E-state index contributed by atoms with van der Waals surface area (Å²) in [4.78, 5) is 3.36. The standard InChI is InChI=1S/C7H5NO3S2.Na.H/c9-13(10,11)7-3-1-2-6(4-7)8-5-12;;/h1-4H,(H,9,10,11);;.